The molecule has 1 aliphatic rings. The van der Waals surface area contributed by atoms with Gasteiger partial charge in [-0.15, -0.1) is 11.3 Å². The Labute approximate surface area is 147 Å². The van der Waals surface area contributed by atoms with Crippen LogP contribution in [0.3, 0.4) is 0 Å². The van der Waals surface area contributed by atoms with Crippen LogP contribution in [0.4, 0.5) is 11.5 Å². The van der Waals surface area contributed by atoms with Gasteiger partial charge in [0.1, 0.15) is 15.5 Å². The molecule has 0 fully saturated rings. The zero-order valence-corrected chi connectivity index (χ0v) is 14.4. The van der Waals surface area contributed by atoms with Gasteiger partial charge < -0.3 is 11.1 Å². The normalized spacial score (nSPS) is 13.7. The third-order valence-corrected chi connectivity index (χ3v) is 5.51. The summed E-state index contributed by atoms with van der Waals surface area (Å²) < 4.78 is 0. The highest BCUT2D eigenvalue weighted by molar-refractivity contribution is 7.21. The number of anilines is 2. The largest absolute Gasteiger partial charge is 0.397 e. The summed E-state index contributed by atoms with van der Waals surface area (Å²) in [4.78, 5) is 22.6. The van der Waals surface area contributed by atoms with Crippen molar-refractivity contribution in [1.29, 1.82) is 0 Å². The molecule has 3 heterocycles. The van der Waals surface area contributed by atoms with E-state index in [4.69, 9.17) is 22.3 Å². The summed E-state index contributed by atoms with van der Waals surface area (Å²) in [6, 6.07) is 5.43. The Morgan fingerprint density at radius 3 is 2.92 bits per heavy atom. The van der Waals surface area contributed by atoms with Crippen molar-refractivity contribution in [3.8, 4) is 0 Å². The van der Waals surface area contributed by atoms with Crippen molar-refractivity contribution in [2.45, 2.75) is 25.7 Å². The number of aryl methyl sites for hydroxylation is 2. The number of hydrogen-bond acceptors (Lipinski definition) is 5. The average molecular weight is 359 g/mol. The lowest BCUT2D eigenvalue weighted by molar-refractivity contribution is 0.103. The maximum atomic E-state index is 12.5. The SMILES string of the molecule is Nc1c(C(=O)Nc2ccc(Cl)cn2)sc2nc3c(cc12)CCCC3. The molecule has 0 aliphatic heterocycles. The summed E-state index contributed by atoms with van der Waals surface area (Å²) in [5.74, 6) is 0.164. The molecule has 1 amide bonds. The van der Waals surface area contributed by atoms with Gasteiger partial charge >= 0.3 is 0 Å². The summed E-state index contributed by atoms with van der Waals surface area (Å²) >= 11 is 7.13. The van der Waals surface area contributed by atoms with Crippen molar-refractivity contribution in [1.82, 2.24) is 9.97 Å². The van der Waals surface area contributed by atoms with E-state index in [-0.39, 0.29) is 5.91 Å². The molecular weight excluding hydrogens is 344 g/mol. The second-order valence-electron chi connectivity index (χ2n) is 5.81. The molecule has 7 heteroatoms. The molecule has 5 nitrogen and oxygen atoms in total. The Hall–Kier alpha value is -2.18. The molecule has 3 aromatic rings. The van der Waals surface area contributed by atoms with Crippen LogP contribution in [0.25, 0.3) is 10.2 Å². The van der Waals surface area contributed by atoms with Crippen molar-refractivity contribution < 1.29 is 4.79 Å². The number of carbonyl (C=O) groups excluding carboxylic acids is 1. The molecule has 3 N–H and O–H groups in total. The Balaban J connectivity index is 1.69. The first-order chi connectivity index (χ1) is 11.6. The number of thiophene rings is 1. The number of rotatable bonds is 2. The zero-order chi connectivity index (χ0) is 16.7. The Morgan fingerprint density at radius 1 is 1.29 bits per heavy atom. The van der Waals surface area contributed by atoms with Crippen LogP contribution >= 0.6 is 22.9 Å². The number of nitrogens with zero attached hydrogens (tertiary/aromatic N) is 2. The molecule has 0 spiro atoms. The second kappa shape index (κ2) is 6.03. The van der Waals surface area contributed by atoms with Gasteiger partial charge in [0.25, 0.3) is 5.91 Å². The van der Waals surface area contributed by atoms with Gasteiger partial charge in [0, 0.05) is 17.3 Å². The molecule has 0 saturated carbocycles. The number of pyridine rings is 2. The van der Waals surface area contributed by atoms with Crippen LogP contribution in [0.15, 0.2) is 24.4 Å². The van der Waals surface area contributed by atoms with E-state index < -0.39 is 0 Å². The standard InChI is InChI=1S/C17H15ClN4OS/c18-10-5-6-13(20-8-10)22-16(23)15-14(19)11-7-9-3-1-2-4-12(9)21-17(11)24-15/h5-8H,1-4,19H2,(H,20,22,23). The number of hydrogen-bond donors (Lipinski definition) is 2. The molecule has 0 saturated heterocycles. The average Bonchev–Trinajstić information content (AvgIpc) is 2.91. The highest BCUT2D eigenvalue weighted by Gasteiger charge is 2.20. The third kappa shape index (κ3) is 2.72. The number of fused-ring (bicyclic) bond motifs is 2. The van der Waals surface area contributed by atoms with E-state index >= 15 is 0 Å². The van der Waals surface area contributed by atoms with Gasteiger partial charge in [-0.1, -0.05) is 11.6 Å². The van der Waals surface area contributed by atoms with E-state index in [1.165, 1.54) is 35.9 Å². The maximum Gasteiger partial charge on any atom is 0.269 e. The zero-order valence-electron chi connectivity index (χ0n) is 12.8. The fourth-order valence-electron chi connectivity index (χ4n) is 2.95. The highest BCUT2D eigenvalue weighted by atomic mass is 35.5. The first-order valence-electron chi connectivity index (χ1n) is 7.75. The van der Waals surface area contributed by atoms with E-state index in [1.54, 1.807) is 12.1 Å². The Morgan fingerprint density at radius 2 is 2.12 bits per heavy atom. The lowest BCUT2D eigenvalue weighted by Gasteiger charge is -2.14. The van der Waals surface area contributed by atoms with Gasteiger partial charge in [0.05, 0.1) is 10.7 Å². The molecule has 24 heavy (non-hydrogen) atoms. The van der Waals surface area contributed by atoms with E-state index in [2.05, 4.69) is 16.4 Å². The first-order valence-corrected chi connectivity index (χ1v) is 8.95. The molecule has 4 rings (SSSR count). The van der Waals surface area contributed by atoms with Gasteiger partial charge in [0.15, 0.2) is 0 Å². The van der Waals surface area contributed by atoms with Crippen molar-refractivity contribution in [3.63, 3.8) is 0 Å². The van der Waals surface area contributed by atoms with Gasteiger partial charge in [-0.05, 0) is 49.4 Å². The van der Waals surface area contributed by atoms with Crippen LogP contribution in [-0.4, -0.2) is 15.9 Å². The number of halogens is 1. The maximum absolute atomic E-state index is 12.5. The van der Waals surface area contributed by atoms with E-state index in [0.717, 1.165) is 28.8 Å². The summed E-state index contributed by atoms with van der Waals surface area (Å²) in [5, 5.41) is 4.14. The molecule has 0 unspecified atom stereocenters. The van der Waals surface area contributed by atoms with Crippen molar-refractivity contribution in [2.24, 2.45) is 0 Å². The highest BCUT2D eigenvalue weighted by Crippen LogP contribution is 2.35. The summed E-state index contributed by atoms with van der Waals surface area (Å²) in [5.41, 5.74) is 9.10. The number of carbonyl (C=O) groups is 1. The van der Waals surface area contributed by atoms with E-state index in [0.29, 0.717) is 21.4 Å². The van der Waals surface area contributed by atoms with Gasteiger partial charge in [-0.25, -0.2) is 9.97 Å². The second-order valence-corrected chi connectivity index (χ2v) is 7.25. The predicted molar refractivity (Wildman–Crippen MR) is 97.9 cm³/mol. The van der Waals surface area contributed by atoms with Crippen LogP contribution in [0.5, 0.6) is 0 Å². The van der Waals surface area contributed by atoms with Gasteiger partial charge in [-0.3, -0.25) is 4.79 Å². The minimum Gasteiger partial charge on any atom is -0.397 e. The first kappa shape index (κ1) is 15.4. The predicted octanol–water partition coefficient (Wildman–Crippen LogP) is 4.06. The Kier molecular flexibility index (Phi) is 3.86. The Bertz CT molecular complexity index is 936. The minimum atomic E-state index is -0.275. The molecule has 0 aromatic carbocycles. The van der Waals surface area contributed by atoms with Crippen LogP contribution in [0.2, 0.25) is 5.02 Å². The van der Waals surface area contributed by atoms with Crippen LogP contribution in [0, 0.1) is 0 Å². The van der Waals surface area contributed by atoms with Crippen molar-refractivity contribution in [3.05, 3.63) is 45.6 Å². The fraction of sp³-hybridized carbons (Fsp3) is 0.235. The lowest BCUT2D eigenvalue weighted by Crippen LogP contribution is -2.12. The molecule has 0 bridgehead atoms. The quantitative estimate of drug-likeness (QED) is 0.723. The van der Waals surface area contributed by atoms with Crippen molar-refractivity contribution >= 4 is 50.6 Å². The monoisotopic (exact) mass is 358 g/mol. The molecule has 0 radical (unpaired) electrons. The molecule has 1 aliphatic carbocycles. The van der Waals surface area contributed by atoms with Gasteiger partial charge in [-0.2, -0.15) is 0 Å². The number of nitrogen functional groups attached to an aromatic ring is 1. The molecule has 0 atom stereocenters. The van der Waals surface area contributed by atoms with Crippen molar-refractivity contribution in [2.75, 3.05) is 11.1 Å². The third-order valence-electron chi connectivity index (χ3n) is 4.17. The van der Waals surface area contributed by atoms with Gasteiger partial charge in [0.2, 0.25) is 0 Å². The summed E-state index contributed by atoms with van der Waals surface area (Å²) in [6.45, 7) is 0. The van der Waals surface area contributed by atoms with Crippen LogP contribution in [-0.2, 0) is 12.8 Å². The lowest BCUT2D eigenvalue weighted by atomic mass is 9.95. The topological polar surface area (TPSA) is 80.9 Å². The summed E-state index contributed by atoms with van der Waals surface area (Å²) in [6.07, 6.45) is 5.87. The number of amides is 1. The molecule has 122 valence electrons. The van der Waals surface area contributed by atoms with Crippen LogP contribution < -0.4 is 11.1 Å². The smallest absolute Gasteiger partial charge is 0.269 e. The fourth-order valence-corrected chi connectivity index (χ4v) is 4.05. The number of aromatic nitrogens is 2. The van der Waals surface area contributed by atoms with E-state index in [9.17, 15) is 4.79 Å². The number of nitrogens with two attached hydrogens (primary N) is 1. The summed E-state index contributed by atoms with van der Waals surface area (Å²) in [7, 11) is 0. The molecule has 3 aromatic heterocycles. The molecular formula is C17H15ClN4OS. The van der Waals surface area contributed by atoms with Crippen LogP contribution in [0.1, 0.15) is 33.8 Å². The minimum absolute atomic E-state index is 0.275. The van der Waals surface area contributed by atoms with E-state index in [1.807, 2.05) is 0 Å². The number of nitrogens with one attached hydrogen (secondary N) is 1.